The molecule has 0 spiro atoms. The first-order valence-electron chi connectivity index (χ1n) is 19.5. The SMILES string of the molecule is COC(=O)N[C@H](C(=O)N1CC[C@H]1C(=O)Nc1ccc(CN(Cc2ccc(NC(=O)[C@@H]3CCN3C(=O)[C@@H](NC(=O)O)C(C)(C)C)cc2)c2ccc(F)cc2)cc1)C(C)(C)C. The Labute approximate surface area is 343 Å². The van der Waals surface area contributed by atoms with Crippen molar-refractivity contribution in [2.75, 3.05) is 35.7 Å². The van der Waals surface area contributed by atoms with E-state index in [1.54, 1.807) is 57.2 Å². The van der Waals surface area contributed by atoms with Crippen LogP contribution in [0.25, 0.3) is 0 Å². The topological polar surface area (TPSA) is 190 Å². The van der Waals surface area contributed by atoms with Gasteiger partial charge in [0.05, 0.1) is 7.11 Å². The molecule has 0 bridgehead atoms. The molecule has 6 amide bonds. The minimum Gasteiger partial charge on any atom is -0.465 e. The van der Waals surface area contributed by atoms with Crippen LogP contribution in [-0.4, -0.2) is 95.1 Å². The predicted molar refractivity (Wildman–Crippen MR) is 220 cm³/mol. The third kappa shape index (κ3) is 11.1. The van der Waals surface area contributed by atoms with Crippen molar-refractivity contribution in [2.45, 2.75) is 91.6 Å². The first-order chi connectivity index (χ1) is 27.7. The van der Waals surface area contributed by atoms with Crippen LogP contribution >= 0.6 is 0 Å². The number of rotatable bonds is 13. The lowest BCUT2D eigenvalue weighted by Gasteiger charge is -2.43. The minimum atomic E-state index is -1.31. The van der Waals surface area contributed by atoms with E-state index in [4.69, 9.17) is 4.74 Å². The van der Waals surface area contributed by atoms with E-state index in [0.717, 1.165) is 16.8 Å². The number of carboxylic acid groups (broad SMARTS) is 1. The van der Waals surface area contributed by atoms with Gasteiger partial charge in [-0.25, -0.2) is 14.0 Å². The van der Waals surface area contributed by atoms with Gasteiger partial charge in [0.15, 0.2) is 0 Å². The van der Waals surface area contributed by atoms with E-state index in [1.807, 2.05) is 45.0 Å². The number of halogens is 1. The number of carbonyl (C=O) groups excluding carboxylic acids is 5. The number of anilines is 3. The maximum absolute atomic E-state index is 13.9. The van der Waals surface area contributed by atoms with Crippen molar-refractivity contribution in [3.05, 3.63) is 89.7 Å². The zero-order chi connectivity index (χ0) is 43.2. The van der Waals surface area contributed by atoms with Gasteiger partial charge in [0.25, 0.3) is 0 Å². The number of benzene rings is 3. The fraction of sp³-hybridized carbons (Fsp3) is 0.442. The monoisotopic (exact) mass is 815 g/mol. The third-order valence-electron chi connectivity index (χ3n) is 10.5. The summed E-state index contributed by atoms with van der Waals surface area (Å²) in [6, 6.07) is 17.4. The van der Waals surface area contributed by atoms with Gasteiger partial charge in [0.2, 0.25) is 23.6 Å². The summed E-state index contributed by atoms with van der Waals surface area (Å²) in [4.78, 5) is 81.4. The number of likely N-dealkylation sites (tertiary alicyclic amines) is 2. The number of nitrogens with zero attached hydrogens (tertiary/aromatic N) is 3. The molecule has 5 N–H and O–H groups in total. The summed E-state index contributed by atoms with van der Waals surface area (Å²) in [6.07, 6.45) is -1.10. The van der Waals surface area contributed by atoms with Gasteiger partial charge in [-0.2, -0.15) is 0 Å². The van der Waals surface area contributed by atoms with Crippen LogP contribution in [0.1, 0.15) is 65.5 Å². The molecule has 0 saturated carbocycles. The molecule has 2 aliphatic heterocycles. The standard InChI is InChI=1S/C43H54FN7O8/c1-42(2,3)34(47-40(56)57)38(54)50-22-20-32(50)36(52)45-29-14-8-26(9-15-29)24-49(31-18-12-28(44)13-19-31)25-27-10-16-30(17-11-27)46-37(53)33-21-23-51(33)39(55)35(43(4,5)6)48-41(58)59-7/h8-19,32-35,47H,20-25H2,1-7H3,(H,45,52)(H,46,53)(H,48,58)(H,56,57)/t32-,33-,34+,35+/m0/s1. The minimum absolute atomic E-state index is 0.337. The number of amides is 6. The largest absolute Gasteiger partial charge is 0.465 e. The highest BCUT2D eigenvalue weighted by atomic mass is 19.1. The van der Waals surface area contributed by atoms with Crippen LogP contribution in [0.15, 0.2) is 72.8 Å². The second-order valence-corrected chi connectivity index (χ2v) is 17.1. The van der Waals surface area contributed by atoms with E-state index in [2.05, 4.69) is 26.2 Å². The molecule has 2 saturated heterocycles. The molecule has 15 nitrogen and oxygen atoms in total. The first kappa shape index (κ1) is 43.9. The van der Waals surface area contributed by atoms with Crippen molar-refractivity contribution in [2.24, 2.45) is 10.8 Å². The molecule has 0 radical (unpaired) electrons. The Kier molecular flexibility index (Phi) is 13.5. The van der Waals surface area contributed by atoms with Gasteiger partial charge in [-0.15, -0.1) is 0 Å². The van der Waals surface area contributed by atoms with Gasteiger partial charge in [-0.1, -0.05) is 65.8 Å². The Balaban J connectivity index is 1.21. The quantitative estimate of drug-likeness (QED) is 0.147. The molecular formula is C43H54FN7O8. The number of carbonyl (C=O) groups is 6. The molecule has 0 aliphatic carbocycles. The Hall–Kier alpha value is -6.19. The lowest BCUT2D eigenvalue weighted by atomic mass is 9.84. The number of hydrogen-bond donors (Lipinski definition) is 5. The highest BCUT2D eigenvalue weighted by Crippen LogP contribution is 2.29. The van der Waals surface area contributed by atoms with Gasteiger partial charge in [0.1, 0.15) is 30.0 Å². The fourth-order valence-electron chi connectivity index (χ4n) is 6.95. The predicted octanol–water partition coefficient (Wildman–Crippen LogP) is 5.56. The van der Waals surface area contributed by atoms with Crippen LogP contribution in [-0.2, 0) is 37.0 Å². The van der Waals surface area contributed by atoms with Crippen molar-refractivity contribution in [3.8, 4) is 0 Å². The number of methoxy groups -OCH3 is 1. The average molecular weight is 816 g/mol. The Morgan fingerprint density at radius 2 is 1.10 bits per heavy atom. The van der Waals surface area contributed by atoms with Crippen LogP contribution in [0.4, 0.5) is 31.0 Å². The second-order valence-electron chi connectivity index (χ2n) is 17.1. The number of nitrogens with one attached hydrogen (secondary N) is 4. The lowest BCUT2D eigenvalue weighted by Crippen LogP contribution is -2.63. The van der Waals surface area contributed by atoms with Gasteiger partial charge in [-0.3, -0.25) is 19.2 Å². The van der Waals surface area contributed by atoms with Crippen molar-refractivity contribution in [1.29, 1.82) is 0 Å². The molecule has 5 rings (SSSR count). The molecule has 59 heavy (non-hydrogen) atoms. The number of alkyl carbamates (subject to hydrolysis) is 1. The van der Waals surface area contributed by atoms with E-state index < -0.39 is 53.1 Å². The molecule has 0 unspecified atom stereocenters. The maximum atomic E-state index is 13.9. The maximum Gasteiger partial charge on any atom is 0.407 e. The van der Waals surface area contributed by atoms with Gasteiger partial charge < -0.3 is 45.8 Å². The van der Waals surface area contributed by atoms with E-state index in [0.29, 0.717) is 50.4 Å². The summed E-state index contributed by atoms with van der Waals surface area (Å²) in [7, 11) is 1.22. The fourth-order valence-corrected chi connectivity index (χ4v) is 6.95. The zero-order valence-corrected chi connectivity index (χ0v) is 34.5. The molecule has 3 aromatic rings. The average Bonchev–Trinajstić information content (AvgIpc) is 3.12. The van der Waals surface area contributed by atoms with Crippen LogP contribution in [0.3, 0.4) is 0 Å². The summed E-state index contributed by atoms with van der Waals surface area (Å²) in [5.74, 6) is -1.88. The third-order valence-corrected chi connectivity index (χ3v) is 10.5. The molecular weight excluding hydrogens is 762 g/mol. The normalized spacial score (nSPS) is 17.3. The Morgan fingerprint density at radius 3 is 1.44 bits per heavy atom. The Bertz CT molecular complexity index is 2010. The molecule has 2 aliphatic rings. The summed E-state index contributed by atoms with van der Waals surface area (Å²) in [5.41, 5.74) is 2.34. The van der Waals surface area contributed by atoms with E-state index >= 15 is 0 Å². The van der Waals surface area contributed by atoms with Crippen LogP contribution in [0.5, 0.6) is 0 Å². The lowest BCUT2D eigenvalue weighted by molar-refractivity contribution is -0.149. The number of hydrogen-bond acceptors (Lipinski definition) is 8. The van der Waals surface area contributed by atoms with E-state index in [9.17, 15) is 38.3 Å². The molecule has 2 heterocycles. The highest BCUT2D eigenvalue weighted by Gasteiger charge is 2.45. The van der Waals surface area contributed by atoms with E-state index in [1.165, 1.54) is 29.0 Å². The van der Waals surface area contributed by atoms with Gasteiger partial charge in [-0.05, 0) is 83.3 Å². The van der Waals surface area contributed by atoms with E-state index in [-0.39, 0.29) is 23.5 Å². The highest BCUT2D eigenvalue weighted by molar-refractivity contribution is 6.00. The van der Waals surface area contributed by atoms with Crippen LogP contribution in [0.2, 0.25) is 0 Å². The molecule has 2 fully saturated rings. The second kappa shape index (κ2) is 18.2. The summed E-state index contributed by atoms with van der Waals surface area (Å²) < 4.78 is 18.6. The summed E-state index contributed by atoms with van der Waals surface area (Å²) >= 11 is 0. The van der Waals surface area contributed by atoms with Crippen LogP contribution < -0.4 is 26.2 Å². The number of ether oxygens (including phenoxy) is 1. The molecule has 0 aromatic heterocycles. The van der Waals surface area contributed by atoms with Gasteiger partial charge >= 0.3 is 12.2 Å². The Morgan fingerprint density at radius 1 is 0.695 bits per heavy atom. The molecule has 316 valence electrons. The molecule has 16 heteroatoms. The van der Waals surface area contributed by atoms with Crippen molar-refractivity contribution in [1.82, 2.24) is 20.4 Å². The smallest absolute Gasteiger partial charge is 0.407 e. The van der Waals surface area contributed by atoms with Crippen LogP contribution in [0, 0.1) is 16.6 Å². The first-order valence-corrected chi connectivity index (χ1v) is 19.5. The van der Waals surface area contributed by atoms with Crippen molar-refractivity contribution in [3.63, 3.8) is 0 Å². The zero-order valence-electron chi connectivity index (χ0n) is 34.5. The molecule has 4 atom stereocenters. The summed E-state index contributed by atoms with van der Waals surface area (Å²) in [5, 5.41) is 20.0. The van der Waals surface area contributed by atoms with Crippen molar-refractivity contribution < 1.29 is 43.0 Å². The van der Waals surface area contributed by atoms with Crippen molar-refractivity contribution >= 4 is 52.9 Å². The summed E-state index contributed by atoms with van der Waals surface area (Å²) in [6.45, 7) is 12.3. The molecule has 3 aromatic carbocycles. The van der Waals surface area contributed by atoms with Gasteiger partial charge in [0, 0.05) is 43.2 Å².